The van der Waals surface area contributed by atoms with Gasteiger partial charge in [-0.1, -0.05) is 30.3 Å². The maximum absolute atomic E-state index is 12.1. The highest BCUT2D eigenvalue weighted by Crippen LogP contribution is 2.45. The monoisotopic (exact) mass is 295 g/mol. The number of rotatable bonds is 3. The SMILES string of the molecule is CNC(=O)c1cc(C=O)cc2c1OCC2(C)c1ccccc1. The first-order valence-electron chi connectivity index (χ1n) is 7.14. The lowest BCUT2D eigenvalue weighted by Gasteiger charge is -2.23. The number of amides is 1. The van der Waals surface area contributed by atoms with Crippen LogP contribution in [0.5, 0.6) is 5.75 Å². The smallest absolute Gasteiger partial charge is 0.254 e. The quantitative estimate of drug-likeness (QED) is 0.885. The fourth-order valence-corrected chi connectivity index (χ4v) is 2.93. The Labute approximate surface area is 129 Å². The molecule has 0 bridgehead atoms. The topological polar surface area (TPSA) is 55.4 Å². The van der Waals surface area contributed by atoms with Crippen LogP contribution in [0.15, 0.2) is 42.5 Å². The molecule has 0 spiro atoms. The van der Waals surface area contributed by atoms with Crippen molar-refractivity contribution in [2.75, 3.05) is 13.7 Å². The van der Waals surface area contributed by atoms with Gasteiger partial charge in [0.15, 0.2) is 0 Å². The van der Waals surface area contributed by atoms with E-state index >= 15 is 0 Å². The van der Waals surface area contributed by atoms with Crippen molar-refractivity contribution < 1.29 is 14.3 Å². The molecule has 0 fully saturated rings. The zero-order valence-corrected chi connectivity index (χ0v) is 12.6. The molecule has 22 heavy (non-hydrogen) atoms. The third kappa shape index (κ3) is 2.08. The molecule has 1 amide bonds. The Balaban J connectivity index is 2.22. The average molecular weight is 295 g/mol. The van der Waals surface area contributed by atoms with E-state index in [0.717, 1.165) is 17.4 Å². The summed E-state index contributed by atoms with van der Waals surface area (Å²) in [6.07, 6.45) is 0.760. The highest BCUT2D eigenvalue weighted by atomic mass is 16.5. The molecule has 1 N–H and O–H groups in total. The number of aldehydes is 1. The first-order chi connectivity index (χ1) is 10.6. The van der Waals surface area contributed by atoms with E-state index in [2.05, 4.69) is 12.2 Å². The predicted octanol–water partition coefficient (Wildman–Crippen LogP) is 2.56. The van der Waals surface area contributed by atoms with Crippen molar-refractivity contribution in [2.45, 2.75) is 12.3 Å². The van der Waals surface area contributed by atoms with Crippen LogP contribution >= 0.6 is 0 Å². The third-order valence-electron chi connectivity index (χ3n) is 4.23. The van der Waals surface area contributed by atoms with Crippen molar-refractivity contribution in [3.05, 3.63) is 64.7 Å². The van der Waals surface area contributed by atoms with Crippen molar-refractivity contribution >= 4 is 12.2 Å². The van der Waals surface area contributed by atoms with E-state index < -0.39 is 0 Å². The van der Waals surface area contributed by atoms with Crippen LogP contribution in [0.4, 0.5) is 0 Å². The van der Waals surface area contributed by atoms with Crippen LogP contribution in [0.3, 0.4) is 0 Å². The molecule has 0 saturated carbocycles. The number of fused-ring (bicyclic) bond motifs is 1. The Morgan fingerprint density at radius 2 is 2.00 bits per heavy atom. The van der Waals surface area contributed by atoms with Gasteiger partial charge in [-0.05, 0) is 24.6 Å². The number of benzene rings is 2. The molecule has 1 heterocycles. The van der Waals surface area contributed by atoms with Gasteiger partial charge in [0.2, 0.25) is 0 Å². The highest BCUT2D eigenvalue weighted by molar-refractivity contribution is 5.99. The third-order valence-corrected chi connectivity index (χ3v) is 4.23. The number of carbonyl (C=O) groups excluding carboxylic acids is 2. The molecule has 1 aliphatic rings. The summed E-state index contributed by atoms with van der Waals surface area (Å²) in [7, 11) is 1.56. The average Bonchev–Trinajstić information content (AvgIpc) is 2.92. The Morgan fingerprint density at radius 1 is 1.27 bits per heavy atom. The summed E-state index contributed by atoms with van der Waals surface area (Å²) in [5.41, 5.74) is 2.48. The molecule has 3 rings (SSSR count). The maximum Gasteiger partial charge on any atom is 0.254 e. The molecule has 1 aliphatic heterocycles. The number of ether oxygens (including phenoxy) is 1. The van der Waals surface area contributed by atoms with E-state index in [9.17, 15) is 9.59 Å². The minimum atomic E-state index is -0.377. The molecule has 0 aromatic heterocycles. The van der Waals surface area contributed by atoms with Crippen LogP contribution in [0.2, 0.25) is 0 Å². The maximum atomic E-state index is 12.1. The van der Waals surface area contributed by atoms with E-state index in [0.29, 0.717) is 23.5 Å². The zero-order valence-electron chi connectivity index (χ0n) is 12.6. The summed E-state index contributed by atoms with van der Waals surface area (Å²) < 4.78 is 5.85. The standard InChI is InChI=1S/C18H17NO3/c1-18(13-6-4-3-5-7-13)11-22-16-14(17(21)19-2)8-12(10-20)9-15(16)18/h3-10H,11H2,1-2H3,(H,19,21). The van der Waals surface area contributed by atoms with Gasteiger partial charge in [0.05, 0.1) is 11.0 Å². The van der Waals surface area contributed by atoms with Crippen molar-refractivity contribution in [2.24, 2.45) is 0 Å². The summed E-state index contributed by atoms with van der Waals surface area (Å²) in [6.45, 7) is 2.51. The van der Waals surface area contributed by atoms with Crippen molar-refractivity contribution in [1.82, 2.24) is 5.32 Å². The lowest BCUT2D eigenvalue weighted by molar-refractivity contribution is 0.0959. The van der Waals surface area contributed by atoms with Gasteiger partial charge in [-0.3, -0.25) is 9.59 Å². The fraction of sp³-hybridized carbons (Fsp3) is 0.222. The Morgan fingerprint density at radius 3 is 2.64 bits per heavy atom. The first kappa shape index (κ1) is 14.3. The molecular formula is C18H17NO3. The fourth-order valence-electron chi connectivity index (χ4n) is 2.93. The van der Waals surface area contributed by atoms with Gasteiger partial charge < -0.3 is 10.1 Å². The predicted molar refractivity (Wildman–Crippen MR) is 83.6 cm³/mol. The van der Waals surface area contributed by atoms with Gasteiger partial charge in [0, 0.05) is 18.2 Å². The summed E-state index contributed by atoms with van der Waals surface area (Å²) in [5, 5.41) is 2.59. The minimum Gasteiger partial charge on any atom is -0.491 e. The minimum absolute atomic E-state index is 0.253. The van der Waals surface area contributed by atoms with Crippen molar-refractivity contribution in [3.8, 4) is 5.75 Å². The second-order valence-corrected chi connectivity index (χ2v) is 5.63. The van der Waals surface area contributed by atoms with E-state index in [1.54, 1.807) is 13.1 Å². The molecular weight excluding hydrogens is 278 g/mol. The van der Waals surface area contributed by atoms with Crippen LogP contribution in [-0.2, 0) is 5.41 Å². The van der Waals surface area contributed by atoms with E-state index in [4.69, 9.17) is 4.74 Å². The van der Waals surface area contributed by atoms with Crippen LogP contribution in [-0.4, -0.2) is 25.8 Å². The van der Waals surface area contributed by atoms with Gasteiger partial charge in [-0.25, -0.2) is 0 Å². The van der Waals surface area contributed by atoms with Gasteiger partial charge in [0.25, 0.3) is 5.91 Å². The molecule has 0 saturated heterocycles. The molecule has 4 nitrogen and oxygen atoms in total. The van der Waals surface area contributed by atoms with Crippen molar-refractivity contribution in [3.63, 3.8) is 0 Å². The van der Waals surface area contributed by atoms with Gasteiger partial charge >= 0.3 is 0 Å². The van der Waals surface area contributed by atoms with Crippen LogP contribution in [0.25, 0.3) is 0 Å². The van der Waals surface area contributed by atoms with Crippen LogP contribution in [0, 0.1) is 0 Å². The normalized spacial score (nSPS) is 19.2. The largest absolute Gasteiger partial charge is 0.491 e. The van der Waals surface area contributed by atoms with Crippen LogP contribution in [0.1, 0.15) is 38.8 Å². The lowest BCUT2D eigenvalue weighted by Crippen LogP contribution is -2.25. The number of nitrogens with one attached hydrogen (secondary N) is 1. The van der Waals surface area contributed by atoms with Gasteiger partial charge in [-0.2, -0.15) is 0 Å². The van der Waals surface area contributed by atoms with Gasteiger partial charge in [-0.15, -0.1) is 0 Å². The molecule has 0 aliphatic carbocycles. The summed E-state index contributed by atoms with van der Waals surface area (Å²) in [4.78, 5) is 23.3. The molecule has 1 unspecified atom stereocenters. The Bertz CT molecular complexity index is 739. The first-order valence-corrected chi connectivity index (χ1v) is 7.14. The molecule has 112 valence electrons. The second kappa shape index (κ2) is 5.30. The Kier molecular flexibility index (Phi) is 3.45. The van der Waals surface area contributed by atoms with E-state index in [1.807, 2.05) is 36.4 Å². The summed E-state index contributed by atoms with van der Waals surface area (Å²) in [6, 6.07) is 13.4. The Hall–Kier alpha value is -2.62. The van der Waals surface area contributed by atoms with Crippen LogP contribution < -0.4 is 10.1 Å². The van der Waals surface area contributed by atoms with Gasteiger partial charge in [0.1, 0.15) is 18.6 Å². The lowest BCUT2D eigenvalue weighted by atomic mass is 9.77. The van der Waals surface area contributed by atoms with Crippen molar-refractivity contribution in [1.29, 1.82) is 0 Å². The second-order valence-electron chi connectivity index (χ2n) is 5.63. The molecule has 2 aromatic rings. The summed E-state index contributed by atoms with van der Waals surface area (Å²) in [5.74, 6) is 0.313. The number of carbonyl (C=O) groups is 2. The highest BCUT2D eigenvalue weighted by Gasteiger charge is 2.40. The number of hydrogen-bond acceptors (Lipinski definition) is 3. The summed E-state index contributed by atoms with van der Waals surface area (Å²) >= 11 is 0. The zero-order chi connectivity index (χ0) is 15.7. The molecule has 2 aromatic carbocycles. The van der Waals surface area contributed by atoms with E-state index in [1.165, 1.54) is 0 Å². The number of hydrogen-bond donors (Lipinski definition) is 1. The molecule has 1 atom stereocenters. The molecule has 4 heteroatoms. The molecule has 0 radical (unpaired) electrons. The van der Waals surface area contributed by atoms with E-state index in [-0.39, 0.29) is 11.3 Å².